The lowest BCUT2D eigenvalue weighted by Gasteiger charge is -2.13. The zero-order valence-electron chi connectivity index (χ0n) is 16.1. The van der Waals surface area contributed by atoms with E-state index in [0.29, 0.717) is 16.7 Å². The monoisotopic (exact) mass is 402 g/mol. The molecule has 0 aromatic carbocycles. The van der Waals surface area contributed by atoms with Crippen LogP contribution in [0.4, 0.5) is 11.4 Å². The number of amides is 1. The molecule has 0 saturated heterocycles. The Morgan fingerprint density at radius 2 is 2.21 bits per heavy atom. The molecular weight excluding hydrogens is 380 g/mol. The number of methoxy groups -OCH3 is 1. The first-order valence-electron chi connectivity index (χ1n) is 8.63. The Balaban J connectivity index is 2.08. The number of fused-ring (bicyclic) bond motifs is 1. The molecule has 148 valence electrons. The lowest BCUT2D eigenvalue weighted by atomic mass is 10.2. The molecule has 1 amide bonds. The summed E-state index contributed by atoms with van der Waals surface area (Å²) in [5.74, 6) is 0.0448. The standard InChI is InChI=1S/C19H22N4O4S/c1-11(10-28-4)21-12-8-13-15(22-18(24)14-6-5-7-27-14)16(19(25)26-3)23(2)17(13)20-9-12/h5-9,11,21H,10H2,1-4H3,(H,22,24). The van der Waals surface area contributed by atoms with E-state index >= 15 is 0 Å². The molecule has 0 saturated carbocycles. The van der Waals surface area contributed by atoms with E-state index in [9.17, 15) is 9.59 Å². The third-order valence-electron chi connectivity index (χ3n) is 4.22. The SMILES string of the molecule is COC(=O)c1c(NC(=O)c2ccco2)c2cc(NC(C)CSC)cnc2n1C. The number of hydrogen-bond donors (Lipinski definition) is 2. The second-order valence-corrected chi connectivity index (χ2v) is 7.21. The zero-order valence-corrected chi connectivity index (χ0v) is 16.9. The summed E-state index contributed by atoms with van der Waals surface area (Å²) in [6.45, 7) is 2.07. The van der Waals surface area contributed by atoms with Crippen molar-refractivity contribution in [1.29, 1.82) is 0 Å². The van der Waals surface area contributed by atoms with Crippen molar-refractivity contribution in [3.63, 3.8) is 0 Å². The van der Waals surface area contributed by atoms with Crippen LogP contribution in [0, 0.1) is 0 Å². The molecule has 1 atom stereocenters. The van der Waals surface area contributed by atoms with E-state index in [1.807, 2.05) is 12.3 Å². The molecule has 1 unspecified atom stereocenters. The van der Waals surface area contributed by atoms with E-state index in [1.54, 1.807) is 41.7 Å². The lowest BCUT2D eigenvalue weighted by Crippen LogP contribution is -2.17. The van der Waals surface area contributed by atoms with Crippen LogP contribution in [0.25, 0.3) is 11.0 Å². The van der Waals surface area contributed by atoms with Gasteiger partial charge in [-0.25, -0.2) is 9.78 Å². The van der Waals surface area contributed by atoms with Gasteiger partial charge in [0.05, 0.1) is 30.9 Å². The number of aryl methyl sites for hydroxylation is 1. The van der Waals surface area contributed by atoms with Crippen molar-refractivity contribution in [3.05, 3.63) is 42.1 Å². The smallest absolute Gasteiger partial charge is 0.356 e. The second kappa shape index (κ2) is 8.39. The van der Waals surface area contributed by atoms with Crippen molar-refractivity contribution in [2.45, 2.75) is 13.0 Å². The number of carbonyl (C=O) groups is 2. The summed E-state index contributed by atoms with van der Waals surface area (Å²) >= 11 is 1.74. The molecule has 0 aliphatic heterocycles. The molecule has 0 bridgehead atoms. The lowest BCUT2D eigenvalue weighted by molar-refractivity contribution is 0.0591. The molecule has 3 heterocycles. The van der Waals surface area contributed by atoms with Crippen LogP contribution in [0.2, 0.25) is 0 Å². The van der Waals surface area contributed by atoms with Crippen LogP contribution in [0.5, 0.6) is 0 Å². The number of rotatable bonds is 7. The number of pyridine rings is 1. The minimum atomic E-state index is -0.569. The molecular formula is C19H22N4O4S. The fourth-order valence-electron chi connectivity index (χ4n) is 3.01. The summed E-state index contributed by atoms with van der Waals surface area (Å²) in [6, 6.07) is 5.27. The van der Waals surface area contributed by atoms with E-state index in [-0.39, 0.29) is 17.5 Å². The highest BCUT2D eigenvalue weighted by molar-refractivity contribution is 7.98. The topological polar surface area (TPSA) is 98.4 Å². The van der Waals surface area contributed by atoms with E-state index in [1.165, 1.54) is 13.4 Å². The molecule has 3 rings (SSSR count). The molecule has 8 nitrogen and oxygen atoms in total. The van der Waals surface area contributed by atoms with Gasteiger partial charge in [0.2, 0.25) is 0 Å². The van der Waals surface area contributed by atoms with Gasteiger partial charge in [-0.05, 0) is 31.4 Å². The number of hydrogen-bond acceptors (Lipinski definition) is 7. The average Bonchev–Trinajstić information content (AvgIpc) is 3.29. The van der Waals surface area contributed by atoms with Crippen LogP contribution in [-0.2, 0) is 11.8 Å². The first kappa shape index (κ1) is 19.8. The first-order chi connectivity index (χ1) is 13.5. The summed E-state index contributed by atoms with van der Waals surface area (Å²) < 4.78 is 11.7. The van der Waals surface area contributed by atoms with Crippen LogP contribution in [0.3, 0.4) is 0 Å². The normalized spacial score (nSPS) is 12.0. The summed E-state index contributed by atoms with van der Waals surface area (Å²) in [4.78, 5) is 29.4. The summed E-state index contributed by atoms with van der Waals surface area (Å²) in [7, 11) is 3.00. The van der Waals surface area contributed by atoms with Gasteiger partial charge < -0.3 is 24.4 Å². The van der Waals surface area contributed by atoms with Crippen molar-refractivity contribution < 1.29 is 18.7 Å². The number of aromatic nitrogens is 2. The van der Waals surface area contributed by atoms with Gasteiger partial charge in [0, 0.05) is 24.2 Å². The summed E-state index contributed by atoms with van der Waals surface area (Å²) in [6.07, 6.45) is 5.16. The molecule has 3 aromatic rings. The second-order valence-electron chi connectivity index (χ2n) is 6.30. The van der Waals surface area contributed by atoms with Crippen LogP contribution in [-0.4, -0.2) is 46.6 Å². The fraction of sp³-hybridized carbons (Fsp3) is 0.316. The number of furan rings is 1. The Morgan fingerprint density at radius 3 is 2.86 bits per heavy atom. The number of anilines is 2. The van der Waals surface area contributed by atoms with Crippen LogP contribution < -0.4 is 10.6 Å². The molecule has 9 heteroatoms. The molecule has 0 radical (unpaired) electrons. The Kier molecular flexibility index (Phi) is 5.93. The Bertz CT molecular complexity index is 997. The van der Waals surface area contributed by atoms with Gasteiger partial charge in [-0.1, -0.05) is 0 Å². The largest absolute Gasteiger partial charge is 0.464 e. The highest BCUT2D eigenvalue weighted by Gasteiger charge is 2.25. The summed E-state index contributed by atoms with van der Waals surface area (Å²) in [5.41, 5.74) is 1.89. The molecule has 0 aliphatic carbocycles. The van der Waals surface area contributed by atoms with Gasteiger partial charge >= 0.3 is 5.97 Å². The van der Waals surface area contributed by atoms with E-state index in [2.05, 4.69) is 22.5 Å². The number of nitrogens with zero attached hydrogens (tertiary/aromatic N) is 2. The van der Waals surface area contributed by atoms with Gasteiger partial charge in [-0.3, -0.25) is 4.79 Å². The summed E-state index contributed by atoms with van der Waals surface area (Å²) in [5, 5.41) is 6.78. The molecule has 28 heavy (non-hydrogen) atoms. The quantitative estimate of drug-likeness (QED) is 0.585. The zero-order chi connectivity index (χ0) is 20.3. The third-order valence-corrected chi connectivity index (χ3v) is 5.05. The molecule has 3 aromatic heterocycles. The fourth-order valence-corrected chi connectivity index (χ4v) is 3.59. The first-order valence-corrected chi connectivity index (χ1v) is 10.0. The number of thioether (sulfide) groups is 1. The van der Waals surface area contributed by atoms with Gasteiger partial charge in [0.15, 0.2) is 11.5 Å². The van der Waals surface area contributed by atoms with E-state index in [4.69, 9.17) is 9.15 Å². The Morgan fingerprint density at radius 1 is 1.43 bits per heavy atom. The van der Waals surface area contributed by atoms with Crippen molar-refractivity contribution in [2.75, 3.05) is 29.8 Å². The van der Waals surface area contributed by atoms with Gasteiger partial charge in [0.1, 0.15) is 5.65 Å². The average molecular weight is 402 g/mol. The van der Waals surface area contributed by atoms with Crippen LogP contribution >= 0.6 is 11.8 Å². The minimum absolute atomic E-state index is 0.142. The number of carbonyl (C=O) groups excluding carboxylic acids is 2. The maximum absolute atomic E-state index is 12.5. The van der Waals surface area contributed by atoms with E-state index in [0.717, 1.165) is 11.4 Å². The molecule has 0 fully saturated rings. The van der Waals surface area contributed by atoms with Crippen LogP contribution in [0.15, 0.2) is 35.1 Å². The maximum Gasteiger partial charge on any atom is 0.356 e. The third kappa shape index (κ3) is 3.84. The van der Waals surface area contributed by atoms with E-state index < -0.39 is 11.9 Å². The van der Waals surface area contributed by atoms with Gasteiger partial charge in [-0.15, -0.1) is 0 Å². The van der Waals surface area contributed by atoms with Crippen LogP contribution in [0.1, 0.15) is 28.0 Å². The Labute approximate surface area is 166 Å². The number of nitrogens with one attached hydrogen (secondary N) is 2. The molecule has 2 N–H and O–H groups in total. The van der Waals surface area contributed by atoms with Crippen molar-refractivity contribution in [3.8, 4) is 0 Å². The number of esters is 1. The van der Waals surface area contributed by atoms with Crippen molar-refractivity contribution in [1.82, 2.24) is 9.55 Å². The minimum Gasteiger partial charge on any atom is -0.464 e. The van der Waals surface area contributed by atoms with Gasteiger partial charge in [-0.2, -0.15) is 11.8 Å². The van der Waals surface area contributed by atoms with Crippen molar-refractivity contribution >= 4 is 46.0 Å². The molecule has 0 spiro atoms. The Hall–Kier alpha value is -2.94. The highest BCUT2D eigenvalue weighted by atomic mass is 32.2. The number of ether oxygens (including phenoxy) is 1. The predicted molar refractivity (Wildman–Crippen MR) is 110 cm³/mol. The van der Waals surface area contributed by atoms with Gasteiger partial charge in [0.25, 0.3) is 5.91 Å². The molecule has 0 aliphatic rings. The van der Waals surface area contributed by atoms with Crippen molar-refractivity contribution in [2.24, 2.45) is 7.05 Å². The maximum atomic E-state index is 12.5. The highest BCUT2D eigenvalue weighted by Crippen LogP contribution is 2.32. The predicted octanol–water partition coefficient (Wildman–Crippen LogP) is 3.37.